The van der Waals surface area contributed by atoms with Gasteiger partial charge in [-0.05, 0) is 23.3 Å². The van der Waals surface area contributed by atoms with Gasteiger partial charge < -0.3 is 15.6 Å². The number of halogens is 4. The van der Waals surface area contributed by atoms with Gasteiger partial charge in [-0.15, -0.1) is 0 Å². The number of hydrogen-bond acceptors (Lipinski definition) is 3. The summed E-state index contributed by atoms with van der Waals surface area (Å²) in [6, 6.07) is 13.3. The number of alkyl halides is 4. The lowest BCUT2D eigenvalue weighted by Crippen LogP contribution is -2.33. The van der Waals surface area contributed by atoms with Gasteiger partial charge in [0.15, 0.2) is 0 Å². The Morgan fingerprint density at radius 1 is 1.04 bits per heavy atom. The van der Waals surface area contributed by atoms with Crippen molar-refractivity contribution in [2.45, 2.75) is 31.1 Å². The van der Waals surface area contributed by atoms with Gasteiger partial charge in [-0.25, -0.2) is 0 Å². The molecular weight excluding hydrogens is 326 g/mol. The second kappa shape index (κ2) is 7.63. The van der Waals surface area contributed by atoms with Crippen LogP contribution in [0.4, 0.5) is 17.6 Å². The molecule has 2 atom stereocenters. The van der Waals surface area contributed by atoms with Crippen molar-refractivity contribution in [1.82, 2.24) is 0 Å². The van der Waals surface area contributed by atoms with Crippen LogP contribution >= 0.6 is 0 Å². The van der Waals surface area contributed by atoms with Crippen molar-refractivity contribution in [2.75, 3.05) is 0 Å². The quantitative estimate of drug-likeness (QED) is 0.756. The summed E-state index contributed by atoms with van der Waals surface area (Å²) in [4.78, 5) is 0. The molecule has 0 amide bonds. The average Bonchev–Trinajstić information content (AvgIpc) is 2.54. The summed E-state index contributed by atoms with van der Waals surface area (Å²) in [7, 11) is 0. The van der Waals surface area contributed by atoms with Crippen molar-refractivity contribution in [3.05, 3.63) is 65.7 Å². The number of aliphatic hydroxyl groups excluding tert-OH is 1. The number of benzene rings is 2. The van der Waals surface area contributed by atoms with Crippen molar-refractivity contribution in [2.24, 2.45) is 5.73 Å². The van der Waals surface area contributed by atoms with Gasteiger partial charge in [0.1, 0.15) is 5.75 Å². The topological polar surface area (TPSA) is 55.5 Å². The molecule has 0 saturated heterocycles. The minimum atomic E-state index is -4.59. The third-order valence-electron chi connectivity index (χ3n) is 3.45. The molecule has 3 nitrogen and oxygen atoms in total. The van der Waals surface area contributed by atoms with Gasteiger partial charge in [0, 0.05) is 6.42 Å². The highest BCUT2D eigenvalue weighted by molar-refractivity contribution is 5.31. The number of rotatable bonds is 7. The van der Waals surface area contributed by atoms with Crippen LogP contribution in [0.1, 0.15) is 17.2 Å². The highest BCUT2D eigenvalue weighted by atomic mass is 19.3. The molecule has 24 heavy (non-hydrogen) atoms. The lowest BCUT2D eigenvalue weighted by atomic mass is 9.97. The second-order valence-corrected chi connectivity index (χ2v) is 5.32. The van der Waals surface area contributed by atoms with Crippen LogP contribution in [0.3, 0.4) is 0 Å². The molecule has 130 valence electrons. The maximum atomic E-state index is 13.0. The van der Waals surface area contributed by atoms with E-state index in [1.807, 2.05) is 30.3 Å². The summed E-state index contributed by atoms with van der Waals surface area (Å²) in [6.07, 6.45) is -9.25. The Morgan fingerprint density at radius 2 is 1.71 bits per heavy atom. The van der Waals surface area contributed by atoms with Gasteiger partial charge in [0.25, 0.3) is 0 Å². The van der Waals surface area contributed by atoms with Crippen molar-refractivity contribution >= 4 is 0 Å². The van der Waals surface area contributed by atoms with Gasteiger partial charge >= 0.3 is 12.5 Å². The predicted molar refractivity (Wildman–Crippen MR) is 81.1 cm³/mol. The van der Waals surface area contributed by atoms with Crippen LogP contribution in [-0.2, 0) is 6.42 Å². The van der Waals surface area contributed by atoms with Gasteiger partial charge in [-0.2, -0.15) is 17.6 Å². The zero-order chi connectivity index (χ0) is 17.7. The highest BCUT2D eigenvalue weighted by Crippen LogP contribution is 2.29. The van der Waals surface area contributed by atoms with Crippen molar-refractivity contribution in [3.8, 4) is 5.75 Å². The zero-order valence-electron chi connectivity index (χ0n) is 12.6. The monoisotopic (exact) mass is 343 g/mol. The Morgan fingerprint density at radius 3 is 2.33 bits per heavy atom. The number of aliphatic hydroxyl groups is 1. The Hall–Kier alpha value is -2.12. The van der Waals surface area contributed by atoms with Crippen LogP contribution in [0.5, 0.6) is 5.75 Å². The van der Waals surface area contributed by atoms with Crippen LogP contribution in [0.2, 0.25) is 0 Å². The van der Waals surface area contributed by atoms with E-state index in [1.165, 1.54) is 12.1 Å². The van der Waals surface area contributed by atoms with Crippen molar-refractivity contribution in [1.29, 1.82) is 0 Å². The summed E-state index contributed by atoms with van der Waals surface area (Å²) in [5.74, 6) is -0.444. The number of nitrogens with two attached hydrogens (primary N) is 1. The Labute approximate surface area is 136 Å². The van der Waals surface area contributed by atoms with Gasteiger partial charge in [0.2, 0.25) is 0 Å². The molecule has 2 aromatic carbocycles. The number of hydrogen-bond donors (Lipinski definition) is 2. The van der Waals surface area contributed by atoms with Crippen LogP contribution < -0.4 is 10.5 Å². The smallest absolute Gasteiger partial charge is 0.428 e. The fourth-order valence-corrected chi connectivity index (χ4v) is 2.19. The van der Waals surface area contributed by atoms with Gasteiger partial charge in [0.05, 0.1) is 12.1 Å². The normalized spacial score (nSPS) is 14.5. The molecule has 0 aliphatic heterocycles. The Kier molecular flexibility index (Phi) is 5.80. The molecule has 0 radical (unpaired) electrons. The summed E-state index contributed by atoms with van der Waals surface area (Å²) in [5.41, 5.74) is 7.10. The van der Waals surface area contributed by atoms with Crippen LogP contribution in [0.15, 0.2) is 54.6 Å². The second-order valence-electron chi connectivity index (χ2n) is 5.32. The van der Waals surface area contributed by atoms with Crippen LogP contribution in [0, 0.1) is 0 Å². The van der Waals surface area contributed by atoms with E-state index in [-0.39, 0.29) is 6.42 Å². The standard InChI is InChI=1S/C17H17F4NO2/c18-16(19)17(20,21)24-13-8-4-7-12(10-13)15(22)14(23)9-11-5-2-1-3-6-11/h1-8,10,14-16,23H,9,22H2/t14-,15+/m0/s1. The molecule has 0 saturated carbocycles. The average molecular weight is 343 g/mol. The first-order valence-electron chi connectivity index (χ1n) is 7.22. The third-order valence-corrected chi connectivity index (χ3v) is 3.45. The Bertz CT molecular complexity index is 652. The van der Waals surface area contributed by atoms with E-state index in [1.54, 1.807) is 0 Å². The summed E-state index contributed by atoms with van der Waals surface area (Å²) in [6.45, 7) is 0. The molecular formula is C17H17F4NO2. The molecule has 2 aromatic rings. The summed E-state index contributed by atoms with van der Waals surface area (Å²) in [5, 5.41) is 10.2. The molecule has 0 heterocycles. The lowest BCUT2D eigenvalue weighted by molar-refractivity contribution is -0.253. The largest absolute Gasteiger partial charge is 0.461 e. The molecule has 2 rings (SSSR count). The summed E-state index contributed by atoms with van der Waals surface area (Å²) >= 11 is 0. The van der Waals surface area contributed by atoms with E-state index in [4.69, 9.17) is 5.73 Å². The molecule has 0 aliphatic carbocycles. The maximum Gasteiger partial charge on any atom is 0.461 e. The molecule has 0 bridgehead atoms. The van der Waals surface area contributed by atoms with Gasteiger partial charge in [-0.3, -0.25) is 0 Å². The molecule has 0 spiro atoms. The molecule has 0 aromatic heterocycles. The zero-order valence-corrected chi connectivity index (χ0v) is 12.6. The SMILES string of the molecule is N[C@H](c1cccc(OC(F)(F)C(F)F)c1)[C@@H](O)Cc1ccccc1. The first-order valence-corrected chi connectivity index (χ1v) is 7.22. The van der Waals surface area contributed by atoms with E-state index in [0.29, 0.717) is 5.56 Å². The van der Waals surface area contributed by atoms with Crippen LogP contribution in [-0.4, -0.2) is 23.7 Å². The highest BCUT2D eigenvalue weighted by Gasteiger charge is 2.44. The fourth-order valence-electron chi connectivity index (χ4n) is 2.19. The minimum Gasteiger partial charge on any atom is -0.428 e. The fraction of sp³-hybridized carbons (Fsp3) is 0.294. The molecule has 0 fully saturated rings. The van der Waals surface area contributed by atoms with E-state index < -0.39 is 30.4 Å². The van der Waals surface area contributed by atoms with E-state index >= 15 is 0 Å². The third kappa shape index (κ3) is 4.69. The van der Waals surface area contributed by atoms with E-state index in [2.05, 4.69) is 4.74 Å². The van der Waals surface area contributed by atoms with E-state index in [0.717, 1.165) is 17.7 Å². The van der Waals surface area contributed by atoms with Crippen molar-refractivity contribution < 1.29 is 27.4 Å². The van der Waals surface area contributed by atoms with Crippen LogP contribution in [0.25, 0.3) is 0 Å². The summed E-state index contributed by atoms with van der Waals surface area (Å²) < 4.78 is 54.3. The first-order chi connectivity index (χ1) is 11.3. The number of ether oxygens (including phenoxy) is 1. The molecule has 0 unspecified atom stereocenters. The molecule has 7 heteroatoms. The predicted octanol–water partition coefficient (Wildman–Crippen LogP) is 3.53. The molecule has 0 aliphatic rings. The first kappa shape index (κ1) is 18.2. The minimum absolute atomic E-state index is 0.264. The maximum absolute atomic E-state index is 13.0. The lowest BCUT2D eigenvalue weighted by Gasteiger charge is -2.21. The van der Waals surface area contributed by atoms with Crippen molar-refractivity contribution in [3.63, 3.8) is 0 Å². The van der Waals surface area contributed by atoms with E-state index in [9.17, 15) is 22.7 Å². The van der Waals surface area contributed by atoms with Gasteiger partial charge in [-0.1, -0.05) is 42.5 Å². The Balaban J connectivity index is 2.09. The molecule has 3 N–H and O–H groups in total.